The highest BCUT2D eigenvalue weighted by Crippen LogP contribution is 2.24. The van der Waals surface area contributed by atoms with Gasteiger partial charge in [0.1, 0.15) is 5.82 Å². The molecule has 0 bridgehead atoms. The van der Waals surface area contributed by atoms with Gasteiger partial charge in [-0.2, -0.15) is 0 Å². The van der Waals surface area contributed by atoms with E-state index >= 15 is 0 Å². The Bertz CT molecular complexity index is 545. The first kappa shape index (κ1) is 14.2. The van der Waals surface area contributed by atoms with Gasteiger partial charge in [0.25, 0.3) is 0 Å². The summed E-state index contributed by atoms with van der Waals surface area (Å²) in [7, 11) is 0. The molecule has 2 aromatic rings. The van der Waals surface area contributed by atoms with Gasteiger partial charge in [-0.05, 0) is 49.7 Å². The SMILES string of the molecule is CC(N[C@H](C)c1ccncc1)c1cc(Br)ccc1F. The smallest absolute Gasteiger partial charge is 0.128 e. The average molecular weight is 323 g/mol. The van der Waals surface area contributed by atoms with E-state index in [1.165, 1.54) is 6.07 Å². The van der Waals surface area contributed by atoms with Crippen molar-refractivity contribution >= 4 is 15.9 Å². The van der Waals surface area contributed by atoms with Gasteiger partial charge >= 0.3 is 0 Å². The van der Waals surface area contributed by atoms with E-state index in [9.17, 15) is 4.39 Å². The summed E-state index contributed by atoms with van der Waals surface area (Å²) in [5, 5.41) is 3.39. The van der Waals surface area contributed by atoms with Gasteiger partial charge in [0.2, 0.25) is 0 Å². The van der Waals surface area contributed by atoms with Crippen molar-refractivity contribution in [2.75, 3.05) is 0 Å². The van der Waals surface area contributed by atoms with Crippen molar-refractivity contribution in [3.8, 4) is 0 Å². The number of halogens is 2. The Morgan fingerprint density at radius 2 is 1.79 bits per heavy atom. The van der Waals surface area contributed by atoms with Crippen LogP contribution in [0.2, 0.25) is 0 Å². The summed E-state index contributed by atoms with van der Waals surface area (Å²) >= 11 is 3.37. The molecular formula is C15H16BrFN2. The molecule has 0 amide bonds. The molecule has 4 heteroatoms. The summed E-state index contributed by atoms with van der Waals surface area (Å²) in [5.74, 6) is -0.190. The van der Waals surface area contributed by atoms with Crippen LogP contribution in [0.5, 0.6) is 0 Å². The van der Waals surface area contributed by atoms with Gasteiger partial charge in [0.05, 0.1) is 0 Å². The molecule has 2 rings (SSSR count). The number of hydrogen-bond donors (Lipinski definition) is 1. The summed E-state index contributed by atoms with van der Waals surface area (Å²) in [6.07, 6.45) is 3.52. The van der Waals surface area contributed by atoms with Crippen molar-refractivity contribution < 1.29 is 4.39 Å². The second-order valence-electron chi connectivity index (χ2n) is 4.56. The highest BCUT2D eigenvalue weighted by Gasteiger charge is 2.14. The predicted molar refractivity (Wildman–Crippen MR) is 78.3 cm³/mol. The lowest BCUT2D eigenvalue weighted by Crippen LogP contribution is -2.23. The van der Waals surface area contributed by atoms with E-state index in [4.69, 9.17) is 0 Å². The van der Waals surface area contributed by atoms with Crippen LogP contribution in [0.15, 0.2) is 47.2 Å². The van der Waals surface area contributed by atoms with E-state index < -0.39 is 0 Å². The summed E-state index contributed by atoms with van der Waals surface area (Å²) in [6.45, 7) is 4.02. The van der Waals surface area contributed by atoms with E-state index in [1.54, 1.807) is 18.5 Å². The molecule has 0 saturated carbocycles. The molecule has 0 aliphatic heterocycles. The van der Waals surface area contributed by atoms with Crippen molar-refractivity contribution in [1.82, 2.24) is 10.3 Å². The van der Waals surface area contributed by atoms with Gasteiger partial charge < -0.3 is 5.32 Å². The molecule has 1 aromatic heterocycles. The van der Waals surface area contributed by atoms with Crippen LogP contribution in [0.4, 0.5) is 4.39 Å². The van der Waals surface area contributed by atoms with E-state index in [1.807, 2.05) is 25.1 Å². The first-order valence-corrected chi connectivity index (χ1v) is 6.98. The van der Waals surface area contributed by atoms with Crippen LogP contribution in [0.25, 0.3) is 0 Å². The molecule has 0 aliphatic rings. The maximum atomic E-state index is 13.8. The summed E-state index contributed by atoms with van der Waals surface area (Å²) < 4.78 is 14.7. The molecule has 1 unspecified atom stereocenters. The third-order valence-corrected chi connectivity index (χ3v) is 3.62. The van der Waals surface area contributed by atoms with Gasteiger partial charge in [-0.1, -0.05) is 15.9 Å². The summed E-state index contributed by atoms with van der Waals surface area (Å²) in [5.41, 5.74) is 1.80. The summed E-state index contributed by atoms with van der Waals surface area (Å²) in [6, 6.07) is 8.99. The fourth-order valence-corrected chi connectivity index (χ4v) is 2.44. The highest BCUT2D eigenvalue weighted by atomic mass is 79.9. The molecule has 0 aliphatic carbocycles. The second-order valence-corrected chi connectivity index (χ2v) is 5.47. The number of rotatable bonds is 4. The van der Waals surface area contributed by atoms with E-state index in [2.05, 4.69) is 33.2 Å². The topological polar surface area (TPSA) is 24.9 Å². The standard InChI is InChI=1S/C15H16BrFN2/c1-10(12-5-7-18-8-6-12)19-11(2)14-9-13(16)3-4-15(14)17/h3-11,19H,1-2H3/t10-,11?/m1/s1. The third kappa shape index (κ3) is 3.61. The zero-order valence-electron chi connectivity index (χ0n) is 10.9. The number of aromatic nitrogens is 1. The Hall–Kier alpha value is -1.26. The Balaban J connectivity index is 2.13. The number of nitrogens with one attached hydrogen (secondary N) is 1. The Morgan fingerprint density at radius 1 is 1.11 bits per heavy atom. The molecule has 0 saturated heterocycles. The normalized spacial score (nSPS) is 14.1. The number of hydrogen-bond acceptors (Lipinski definition) is 2. The van der Waals surface area contributed by atoms with Crippen molar-refractivity contribution in [2.24, 2.45) is 0 Å². The van der Waals surface area contributed by atoms with Crippen molar-refractivity contribution in [3.63, 3.8) is 0 Å². The van der Waals surface area contributed by atoms with Crippen molar-refractivity contribution in [1.29, 1.82) is 0 Å². The number of nitrogens with zero attached hydrogens (tertiary/aromatic N) is 1. The molecule has 1 aromatic carbocycles. The van der Waals surface area contributed by atoms with Crippen LogP contribution in [0.3, 0.4) is 0 Å². The van der Waals surface area contributed by atoms with Gasteiger partial charge in [-0.25, -0.2) is 4.39 Å². The van der Waals surface area contributed by atoms with Gasteiger partial charge in [0.15, 0.2) is 0 Å². The largest absolute Gasteiger partial charge is 0.304 e. The van der Waals surface area contributed by atoms with Crippen LogP contribution in [-0.4, -0.2) is 4.98 Å². The molecule has 19 heavy (non-hydrogen) atoms. The van der Waals surface area contributed by atoms with Gasteiger partial charge in [-0.3, -0.25) is 4.98 Å². The van der Waals surface area contributed by atoms with E-state index in [-0.39, 0.29) is 17.9 Å². The fourth-order valence-electron chi connectivity index (χ4n) is 2.06. The lowest BCUT2D eigenvalue weighted by atomic mass is 10.0. The van der Waals surface area contributed by atoms with Crippen LogP contribution in [0, 0.1) is 5.82 Å². The minimum absolute atomic E-state index is 0.0688. The molecule has 0 radical (unpaired) electrons. The molecule has 2 nitrogen and oxygen atoms in total. The van der Waals surface area contributed by atoms with Crippen LogP contribution < -0.4 is 5.32 Å². The minimum Gasteiger partial charge on any atom is -0.304 e. The van der Waals surface area contributed by atoms with Crippen molar-refractivity contribution in [3.05, 3.63) is 64.1 Å². The Morgan fingerprint density at radius 3 is 2.47 bits per heavy atom. The molecule has 0 fully saturated rings. The maximum absolute atomic E-state index is 13.8. The highest BCUT2D eigenvalue weighted by molar-refractivity contribution is 9.10. The van der Waals surface area contributed by atoms with Crippen LogP contribution in [0.1, 0.15) is 37.1 Å². The second kappa shape index (κ2) is 6.26. The van der Waals surface area contributed by atoms with Crippen LogP contribution >= 0.6 is 15.9 Å². The molecule has 1 heterocycles. The van der Waals surface area contributed by atoms with E-state index in [0.29, 0.717) is 5.56 Å². The van der Waals surface area contributed by atoms with Crippen molar-refractivity contribution in [2.45, 2.75) is 25.9 Å². The molecule has 1 N–H and O–H groups in total. The predicted octanol–water partition coefficient (Wildman–Crippen LogP) is 4.40. The monoisotopic (exact) mass is 322 g/mol. The van der Waals surface area contributed by atoms with E-state index in [0.717, 1.165) is 10.0 Å². The average Bonchev–Trinajstić information content (AvgIpc) is 2.42. The molecular weight excluding hydrogens is 307 g/mol. The fraction of sp³-hybridized carbons (Fsp3) is 0.267. The lowest BCUT2D eigenvalue weighted by Gasteiger charge is -2.21. The first-order chi connectivity index (χ1) is 9.08. The molecule has 0 spiro atoms. The Labute approximate surface area is 121 Å². The summed E-state index contributed by atoms with van der Waals surface area (Å²) in [4.78, 5) is 4.00. The number of pyridine rings is 1. The van der Waals surface area contributed by atoms with Crippen LogP contribution in [-0.2, 0) is 0 Å². The van der Waals surface area contributed by atoms with Gasteiger partial charge in [0, 0.05) is 34.5 Å². The zero-order valence-corrected chi connectivity index (χ0v) is 12.5. The molecule has 100 valence electrons. The molecule has 2 atom stereocenters. The lowest BCUT2D eigenvalue weighted by molar-refractivity contribution is 0.473. The Kier molecular flexibility index (Phi) is 4.66. The third-order valence-electron chi connectivity index (χ3n) is 3.13. The minimum atomic E-state index is -0.190. The first-order valence-electron chi connectivity index (χ1n) is 6.19. The maximum Gasteiger partial charge on any atom is 0.128 e. The quantitative estimate of drug-likeness (QED) is 0.902. The zero-order chi connectivity index (χ0) is 13.8. The van der Waals surface area contributed by atoms with Gasteiger partial charge in [-0.15, -0.1) is 0 Å². The number of benzene rings is 1.